The largest absolute Gasteiger partial charge is 0.612 e. The molecule has 6 rings (SSSR count). The van der Waals surface area contributed by atoms with Gasteiger partial charge >= 0.3 is 12.1 Å². The van der Waals surface area contributed by atoms with Gasteiger partial charge in [-0.1, -0.05) is 60.7 Å². The van der Waals surface area contributed by atoms with Crippen molar-refractivity contribution < 1.29 is 31.5 Å². The van der Waals surface area contributed by atoms with Gasteiger partial charge in [0.25, 0.3) is 0 Å². The lowest BCUT2D eigenvalue weighted by atomic mass is 9.90. The minimum atomic E-state index is -4.57. The number of halogens is 3. The van der Waals surface area contributed by atoms with E-state index >= 15 is 0 Å². The van der Waals surface area contributed by atoms with Crippen LogP contribution in [0.15, 0.2) is 89.1 Å². The molecule has 3 N–H and O–H groups in total. The molecule has 1 saturated carbocycles. The fraction of sp³-hybridized carbons (Fsp3) is 0.219. The van der Waals surface area contributed by atoms with Crippen molar-refractivity contribution in [3.63, 3.8) is 0 Å². The number of hydrogen-bond donors (Lipinski definition) is 1. The van der Waals surface area contributed by atoms with Crippen molar-refractivity contribution in [1.29, 1.82) is 0 Å². The van der Waals surface area contributed by atoms with Crippen molar-refractivity contribution >= 4 is 28.4 Å². The molecule has 0 saturated heterocycles. The number of hydrogen-bond acceptors (Lipinski definition) is 8. The quantitative estimate of drug-likeness (QED) is 0.0997. The Kier molecular flexibility index (Phi) is 9.08. The summed E-state index contributed by atoms with van der Waals surface area (Å²) in [5, 5.41) is 6.34. The molecule has 0 bridgehead atoms. The van der Waals surface area contributed by atoms with Gasteiger partial charge in [0.2, 0.25) is 5.13 Å². The fourth-order valence-corrected chi connectivity index (χ4v) is 6.48. The molecule has 45 heavy (non-hydrogen) atoms. The highest BCUT2D eigenvalue weighted by Gasteiger charge is 2.67. The van der Waals surface area contributed by atoms with Crippen molar-refractivity contribution in [3.05, 3.63) is 107 Å². The molecule has 1 aliphatic carbocycles. The summed E-state index contributed by atoms with van der Waals surface area (Å²) in [5.74, 6) is -0.673. The van der Waals surface area contributed by atoms with E-state index in [9.17, 15) is 26.7 Å². The van der Waals surface area contributed by atoms with Crippen molar-refractivity contribution in [2.24, 2.45) is 0 Å². The molecule has 8 nitrogen and oxygen atoms in total. The van der Waals surface area contributed by atoms with Gasteiger partial charge in [0, 0.05) is 22.9 Å². The van der Waals surface area contributed by atoms with Gasteiger partial charge in [-0.2, -0.15) is 18.3 Å². The van der Waals surface area contributed by atoms with E-state index in [0.29, 0.717) is 22.4 Å². The number of ether oxygens (including phenoxy) is 1. The van der Waals surface area contributed by atoms with E-state index in [1.807, 2.05) is 48.5 Å². The van der Waals surface area contributed by atoms with E-state index in [2.05, 4.69) is 4.98 Å². The lowest BCUT2D eigenvalue weighted by Crippen LogP contribution is -2.32. The Morgan fingerprint density at radius 3 is 2.31 bits per heavy atom. The number of benzene rings is 3. The summed E-state index contributed by atoms with van der Waals surface area (Å²) >= 11 is -1.80. The second-order valence-electron chi connectivity index (χ2n) is 10.5. The van der Waals surface area contributed by atoms with Crippen LogP contribution in [0.1, 0.15) is 47.1 Å². The van der Waals surface area contributed by atoms with Crippen LogP contribution in [0, 0.1) is 0 Å². The molecule has 234 valence electrons. The molecule has 1 aliphatic rings. The Morgan fingerprint density at radius 2 is 1.69 bits per heavy atom. The van der Waals surface area contributed by atoms with Crippen LogP contribution < -0.4 is 6.15 Å². The monoisotopic (exact) mass is 654 g/mol. The summed E-state index contributed by atoms with van der Waals surface area (Å²) in [5.41, 5.74) is 1.54. The summed E-state index contributed by atoms with van der Waals surface area (Å²) in [4.78, 5) is 16.8. The van der Waals surface area contributed by atoms with Crippen LogP contribution in [0.2, 0.25) is 0 Å². The second kappa shape index (κ2) is 12.7. The van der Waals surface area contributed by atoms with Crippen molar-refractivity contribution in [3.8, 4) is 27.5 Å². The normalized spacial score (nSPS) is 14.4. The number of rotatable bonds is 9. The Hall–Kier alpha value is -4.17. The molecule has 0 amide bonds. The third-order valence-corrected chi connectivity index (χ3v) is 9.19. The van der Waals surface area contributed by atoms with Gasteiger partial charge in [-0.05, 0) is 54.7 Å². The number of thiol groups is 1. The Balaban J connectivity index is 0.00000400. The lowest BCUT2D eigenvalue weighted by Gasteiger charge is -2.22. The SMILES string of the molecule is CCOC(=O)c1csc(-n2nc(-c3cccc(-c4ccccc4)c3)c(Cc3ccc([SH+](=O)[O-])cc3)c2C2(C(F)(F)F)CC2)n1.N. The average Bonchev–Trinajstić information content (AvgIpc) is 3.53. The number of thiazole rings is 1. The zero-order chi connectivity index (χ0) is 31.1. The third kappa shape index (κ3) is 6.21. The molecule has 13 heteroatoms. The van der Waals surface area contributed by atoms with Crippen LogP contribution in [0.4, 0.5) is 13.2 Å². The van der Waals surface area contributed by atoms with Gasteiger partial charge in [0.15, 0.2) is 10.6 Å². The molecule has 1 fully saturated rings. The smallest absolute Gasteiger partial charge is 0.399 e. The highest BCUT2D eigenvalue weighted by molar-refractivity contribution is 7.79. The van der Waals surface area contributed by atoms with E-state index in [-0.39, 0.29) is 53.4 Å². The fourth-order valence-electron chi connectivity index (χ4n) is 5.34. The number of carbonyl (C=O) groups is 1. The zero-order valence-corrected chi connectivity index (χ0v) is 25.8. The molecular weight excluding hydrogens is 626 g/mol. The van der Waals surface area contributed by atoms with Gasteiger partial charge in [-0.3, -0.25) is 0 Å². The van der Waals surface area contributed by atoms with Crippen LogP contribution in [0.3, 0.4) is 0 Å². The van der Waals surface area contributed by atoms with Gasteiger partial charge in [-0.25, -0.2) is 14.5 Å². The van der Waals surface area contributed by atoms with Gasteiger partial charge < -0.3 is 15.4 Å². The molecule has 0 aliphatic heterocycles. The second-order valence-corrected chi connectivity index (χ2v) is 12.3. The van der Waals surface area contributed by atoms with Crippen molar-refractivity contribution in [1.82, 2.24) is 20.9 Å². The zero-order valence-electron chi connectivity index (χ0n) is 24.1. The molecular formula is C32H29F3N4O4S2. The Labute approximate surface area is 263 Å². The van der Waals surface area contributed by atoms with Crippen LogP contribution in [0.25, 0.3) is 27.5 Å². The van der Waals surface area contributed by atoms with E-state index in [1.165, 1.54) is 22.2 Å². The maximum absolute atomic E-state index is 14.9. The Morgan fingerprint density at radius 1 is 1.02 bits per heavy atom. The number of carbonyl (C=O) groups excluding carboxylic acids is 1. The summed E-state index contributed by atoms with van der Waals surface area (Å²) in [7, 11) is 0. The summed E-state index contributed by atoms with van der Waals surface area (Å²) in [6.45, 7) is 1.78. The van der Waals surface area contributed by atoms with Crippen LogP contribution >= 0.6 is 11.3 Å². The van der Waals surface area contributed by atoms with E-state index < -0.39 is 28.6 Å². The molecule has 1 atom stereocenters. The topological polar surface area (TPSA) is 132 Å². The van der Waals surface area contributed by atoms with Crippen molar-refractivity contribution in [2.75, 3.05) is 6.61 Å². The van der Waals surface area contributed by atoms with Gasteiger partial charge in [-0.15, -0.1) is 15.5 Å². The van der Waals surface area contributed by atoms with Crippen LogP contribution in [-0.2, 0) is 31.9 Å². The van der Waals surface area contributed by atoms with Crippen LogP contribution in [-0.4, -0.2) is 38.1 Å². The highest BCUT2D eigenvalue weighted by Crippen LogP contribution is 2.61. The number of alkyl halides is 3. The van der Waals surface area contributed by atoms with E-state index in [1.54, 1.807) is 25.1 Å². The first kappa shape index (κ1) is 32.2. The molecule has 0 spiro atoms. The first-order valence-corrected chi connectivity index (χ1v) is 15.9. The average molecular weight is 655 g/mol. The number of nitrogens with zero attached hydrogens (tertiary/aromatic N) is 3. The predicted molar refractivity (Wildman–Crippen MR) is 166 cm³/mol. The highest BCUT2D eigenvalue weighted by atomic mass is 32.2. The maximum atomic E-state index is 14.9. The van der Waals surface area contributed by atoms with Crippen molar-refractivity contribution in [2.45, 2.75) is 42.7 Å². The van der Waals surface area contributed by atoms with Gasteiger partial charge in [0.1, 0.15) is 5.41 Å². The molecule has 5 aromatic rings. The molecule has 3 aromatic carbocycles. The minimum absolute atomic E-state index is 0. The molecule has 1 unspecified atom stereocenters. The van der Waals surface area contributed by atoms with Crippen LogP contribution in [0.5, 0.6) is 0 Å². The summed E-state index contributed by atoms with van der Waals surface area (Å²) in [6, 6.07) is 23.1. The molecule has 0 radical (unpaired) electrons. The third-order valence-electron chi connectivity index (χ3n) is 7.66. The minimum Gasteiger partial charge on any atom is -0.612 e. The summed E-state index contributed by atoms with van der Waals surface area (Å²) < 4.78 is 73.8. The first-order valence-electron chi connectivity index (χ1n) is 13.8. The summed E-state index contributed by atoms with van der Waals surface area (Å²) in [6.07, 6.45) is -4.76. The lowest BCUT2D eigenvalue weighted by molar-refractivity contribution is -0.162. The van der Waals surface area contributed by atoms with Gasteiger partial charge in [0.05, 0.1) is 29.1 Å². The molecule has 2 aromatic heterocycles. The standard InChI is InChI=1S/C32H26F3N3O4S2.H3N/c1-2-42-29(39)26-19-43-30(36-26)38-28(31(15-16-31)32(33,34)35)25(17-20-11-13-24(14-12-20)44(40)41)27(37-38)23-10-6-9-22(18-23)21-7-4-3-5-8-21;/h3-14,18-19,44H,2,15-17H2,1H3;1H3. The number of esters is 1. The maximum Gasteiger partial charge on any atom is 0.399 e. The first-order chi connectivity index (χ1) is 21.1. The number of aromatic nitrogens is 3. The Bertz CT molecular complexity index is 1850. The van der Waals surface area contributed by atoms with E-state index in [4.69, 9.17) is 9.84 Å². The molecule has 2 heterocycles. The van der Waals surface area contributed by atoms with E-state index in [0.717, 1.165) is 22.5 Å². The predicted octanol–water partition coefficient (Wildman–Crippen LogP) is 7.37.